The normalized spacial score (nSPS) is 36.0. The summed E-state index contributed by atoms with van der Waals surface area (Å²) in [6.45, 7) is 2.43. The summed E-state index contributed by atoms with van der Waals surface area (Å²) in [5.74, 6) is 0.828. The van der Waals surface area contributed by atoms with Crippen LogP contribution in [-0.2, 0) is 6.54 Å². The lowest BCUT2D eigenvalue weighted by molar-refractivity contribution is 0.276. The van der Waals surface area contributed by atoms with Crippen LogP contribution in [0.4, 0.5) is 0 Å². The van der Waals surface area contributed by atoms with Crippen LogP contribution in [0.5, 0.6) is 0 Å². The van der Waals surface area contributed by atoms with E-state index in [1.165, 1.54) is 31.5 Å². The second-order valence-corrected chi connectivity index (χ2v) is 4.71. The molecule has 3 aliphatic heterocycles. The summed E-state index contributed by atoms with van der Waals surface area (Å²) in [4.78, 5) is 2.64. The number of aromatic nitrogens is 2. The number of fused-ring (bicyclic) bond motifs is 5. The molecule has 4 rings (SSSR count). The van der Waals surface area contributed by atoms with E-state index < -0.39 is 0 Å². The van der Waals surface area contributed by atoms with Gasteiger partial charge in [0.2, 0.25) is 0 Å². The molecule has 4 heterocycles. The first-order valence-electron chi connectivity index (χ1n) is 5.56. The first kappa shape index (κ1) is 7.46. The highest BCUT2D eigenvalue weighted by Gasteiger charge is 2.48. The summed E-state index contributed by atoms with van der Waals surface area (Å²) >= 11 is 0. The Balaban J connectivity index is 1.79. The van der Waals surface area contributed by atoms with Gasteiger partial charge in [-0.25, -0.2) is 0 Å². The van der Waals surface area contributed by atoms with Crippen molar-refractivity contribution in [1.82, 2.24) is 14.7 Å². The molecule has 1 radical (unpaired) electrons. The van der Waals surface area contributed by atoms with Gasteiger partial charge in [-0.05, 0) is 31.9 Å². The van der Waals surface area contributed by atoms with Gasteiger partial charge in [0.05, 0.1) is 11.7 Å². The minimum atomic E-state index is 0.676. The third kappa shape index (κ3) is 0.753. The van der Waals surface area contributed by atoms with Gasteiger partial charge in [-0.3, -0.25) is 9.58 Å². The van der Waals surface area contributed by atoms with Gasteiger partial charge in [0.1, 0.15) is 0 Å². The summed E-state index contributed by atoms with van der Waals surface area (Å²) in [7, 11) is 0. The van der Waals surface area contributed by atoms with E-state index in [0.717, 1.165) is 12.5 Å². The maximum Gasteiger partial charge on any atom is 0.0570 e. The molecule has 0 aromatic carbocycles. The average molecular weight is 188 g/mol. The van der Waals surface area contributed by atoms with Crippen molar-refractivity contribution in [1.29, 1.82) is 0 Å². The molecule has 2 unspecified atom stereocenters. The average Bonchev–Trinajstić information content (AvgIpc) is 2.77. The Morgan fingerprint density at radius 2 is 2.43 bits per heavy atom. The lowest BCUT2D eigenvalue weighted by atomic mass is 9.98. The van der Waals surface area contributed by atoms with Crippen LogP contribution >= 0.6 is 0 Å². The Morgan fingerprint density at radius 3 is 3.43 bits per heavy atom. The van der Waals surface area contributed by atoms with Crippen LogP contribution in [0.25, 0.3) is 0 Å². The number of hydrogen-bond acceptors (Lipinski definition) is 2. The van der Waals surface area contributed by atoms with Crippen LogP contribution in [0.15, 0.2) is 12.3 Å². The molecule has 3 heteroatoms. The molecule has 2 fully saturated rings. The van der Waals surface area contributed by atoms with Crippen molar-refractivity contribution in [2.24, 2.45) is 5.92 Å². The minimum absolute atomic E-state index is 0.676. The molecule has 1 aromatic heterocycles. The minimum Gasteiger partial charge on any atom is -0.287 e. The molecule has 3 nitrogen and oxygen atoms in total. The van der Waals surface area contributed by atoms with Crippen LogP contribution in [0, 0.1) is 12.0 Å². The van der Waals surface area contributed by atoms with Gasteiger partial charge in [0.25, 0.3) is 0 Å². The quantitative estimate of drug-likeness (QED) is 0.616. The van der Waals surface area contributed by atoms with Gasteiger partial charge in [0, 0.05) is 24.7 Å². The van der Waals surface area contributed by atoms with Gasteiger partial charge in [-0.1, -0.05) is 0 Å². The number of rotatable bonds is 0. The molecular formula is C11H14N3. The summed E-state index contributed by atoms with van der Waals surface area (Å²) in [5, 5.41) is 4.37. The highest BCUT2D eigenvalue weighted by Crippen LogP contribution is 2.52. The Hall–Kier alpha value is -0.830. The van der Waals surface area contributed by atoms with E-state index in [1.54, 1.807) is 6.04 Å². The van der Waals surface area contributed by atoms with Crippen LogP contribution < -0.4 is 0 Å². The molecule has 0 amide bonds. The van der Waals surface area contributed by atoms with Gasteiger partial charge in [-0.15, -0.1) is 0 Å². The second kappa shape index (κ2) is 2.40. The zero-order chi connectivity index (χ0) is 9.12. The molecule has 0 bridgehead atoms. The van der Waals surface area contributed by atoms with E-state index in [0.29, 0.717) is 6.04 Å². The molecule has 73 valence electrons. The molecule has 0 N–H and O–H groups in total. The highest BCUT2D eigenvalue weighted by atomic mass is 15.4. The summed E-state index contributed by atoms with van der Waals surface area (Å²) in [5.41, 5.74) is 1.45. The van der Waals surface area contributed by atoms with E-state index in [-0.39, 0.29) is 0 Å². The standard InChI is InChI=1S/C11H14N3/c1-2-9-6-8-7-14-10(3-4-12-14)11(8)13(9)5-1/h3-4,8,11H,1-2,5-7H2. The molecule has 14 heavy (non-hydrogen) atoms. The summed E-state index contributed by atoms with van der Waals surface area (Å²) in [6.07, 6.45) is 5.99. The van der Waals surface area contributed by atoms with Gasteiger partial charge >= 0.3 is 0 Å². The van der Waals surface area contributed by atoms with Crippen molar-refractivity contribution >= 4 is 0 Å². The fourth-order valence-corrected chi connectivity index (χ4v) is 3.51. The molecule has 0 spiro atoms. The van der Waals surface area contributed by atoms with Crippen LogP contribution in [0.3, 0.4) is 0 Å². The van der Waals surface area contributed by atoms with Crippen molar-refractivity contribution in [2.45, 2.75) is 31.8 Å². The fraction of sp³-hybridized carbons (Fsp3) is 0.636. The predicted octanol–water partition coefficient (Wildman–Crippen LogP) is 1.59. The number of hydrogen-bond donors (Lipinski definition) is 0. The zero-order valence-electron chi connectivity index (χ0n) is 8.19. The SMILES string of the molecule is c1cc2n(n1)CC1C[C]3CCCN3C21. The van der Waals surface area contributed by atoms with Crippen LogP contribution in [-0.4, -0.2) is 21.2 Å². The van der Waals surface area contributed by atoms with E-state index in [9.17, 15) is 0 Å². The first-order chi connectivity index (χ1) is 6.93. The Labute approximate surface area is 83.7 Å². The lowest BCUT2D eigenvalue weighted by Gasteiger charge is -2.21. The predicted molar refractivity (Wildman–Crippen MR) is 52.3 cm³/mol. The van der Waals surface area contributed by atoms with E-state index in [1.807, 2.05) is 6.20 Å². The molecule has 1 aromatic rings. The zero-order valence-corrected chi connectivity index (χ0v) is 8.19. The highest BCUT2D eigenvalue weighted by molar-refractivity contribution is 5.22. The van der Waals surface area contributed by atoms with Crippen molar-refractivity contribution in [3.8, 4) is 0 Å². The molecular weight excluding hydrogens is 174 g/mol. The van der Waals surface area contributed by atoms with Crippen LogP contribution in [0.2, 0.25) is 0 Å². The topological polar surface area (TPSA) is 21.1 Å². The smallest absolute Gasteiger partial charge is 0.0570 e. The van der Waals surface area contributed by atoms with E-state index in [4.69, 9.17) is 0 Å². The number of nitrogens with zero attached hydrogens (tertiary/aromatic N) is 3. The van der Waals surface area contributed by atoms with Gasteiger partial charge < -0.3 is 0 Å². The van der Waals surface area contributed by atoms with Crippen molar-refractivity contribution in [2.75, 3.05) is 6.54 Å². The first-order valence-corrected chi connectivity index (χ1v) is 5.56. The molecule has 0 saturated carbocycles. The van der Waals surface area contributed by atoms with Gasteiger partial charge in [0.15, 0.2) is 0 Å². The van der Waals surface area contributed by atoms with Crippen molar-refractivity contribution < 1.29 is 0 Å². The van der Waals surface area contributed by atoms with Gasteiger partial charge in [-0.2, -0.15) is 5.10 Å². The Bertz CT molecular complexity index is 370. The van der Waals surface area contributed by atoms with Crippen LogP contribution in [0.1, 0.15) is 31.0 Å². The maximum absolute atomic E-state index is 4.37. The lowest BCUT2D eigenvalue weighted by Crippen LogP contribution is -2.21. The van der Waals surface area contributed by atoms with E-state index in [2.05, 4.69) is 20.7 Å². The second-order valence-electron chi connectivity index (χ2n) is 4.71. The third-order valence-corrected chi connectivity index (χ3v) is 4.01. The summed E-state index contributed by atoms with van der Waals surface area (Å²) < 4.78 is 2.20. The fourth-order valence-electron chi connectivity index (χ4n) is 3.51. The van der Waals surface area contributed by atoms with Crippen molar-refractivity contribution in [3.05, 3.63) is 24.0 Å². The van der Waals surface area contributed by atoms with Crippen molar-refractivity contribution in [3.63, 3.8) is 0 Å². The van der Waals surface area contributed by atoms with E-state index >= 15 is 0 Å². The Kier molecular flexibility index (Phi) is 1.28. The molecule has 2 saturated heterocycles. The molecule has 2 atom stereocenters. The molecule has 3 aliphatic rings. The third-order valence-electron chi connectivity index (χ3n) is 4.01. The Morgan fingerprint density at radius 1 is 1.43 bits per heavy atom. The summed E-state index contributed by atoms with van der Waals surface area (Å²) in [6, 6.07) is 4.59. The monoisotopic (exact) mass is 188 g/mol. The molecule has 0 aliphatic carbocycles. The maximum atomic E-state index is 4.37. The largest absolute Gasteiger partial charge is 0.287 e.